The summed E-state index contributed by atoms with van der Waals surface area (Å²) in [5.74, 6) is -0.319. The van der Waals surface area contributed by atoms with Crippen LogP contribution in [0, 0.1) is 0 Å². The van der Waals surface area contributed by atoms with Gasteiger partial charge in [0, 0.05) is 30.1 Å². The van der Waals surface area contributed by atoms with Gasteiger partial charge in [-0.3, -0.25) is 13.9 Å². The van der Waals surface area contributed by atoms with Crippen LogP contribution in [0.15, 0.2) is 72.8 Å². The molecule has 3 aromatic carbocycles. The fourth-order valence-corrected chi connectivity index (χ4v) is 5.43. The molecule has 0 aliphatic rings. The molecule has 3 rings (SSSR count). The normalized spacial score (nSPS) is 12.6. The largest absolute Gasteiger partial charge is 0.497 e. The summed E-state index contributed by atoms with van der Waals surface area (Å²) in [7, 11) is -1.12. The number of nitrogens with one attached hydrogen (secondary N) is 1. The van der Waals surface area contributed by atoms with E-state index in [1.165, 1.54) is 25.2 Å². The van der Waals surface area contributed by atoms with Gasteiger partial charge in [0.1, 0.15) is 24.1 Å². The minimum absolute atomic E-state index is 0.0171. The van der Waals surface area contributed by atoms with Crippen molar-refractivity contribution in [1.82, 2.24) is 10.2 Å². The van der Waals surface area contributed by atoms with E-state index in [1.807, 2.05) is 44.2 Å². The smallest absolute Gasteiger partial charge is 0.244 e. The first-order valence-electron chi connectivity index (χ1n) is 13.5. The van der Waals surface area contributed by atoms with Crippen molar-refractivity contribution < 1.29 is 27.5 Å². The van der Waals surface area contributed by atoms with E-state index in [1.54, 1.807) is 36.4 Å². The fraction of sp³-hybridized carbons (Fsp3) is 0.355. The van der Waals surface area contributed by atoms with E-state index in [0.717, 1.165) is 16.1 Å². The zero-order chi connectivity index (χ0) is 30.9. The lowest BCUT2D eigenvalue weighted by Gasteiger charge is -2.34. The number of anilines is 1. The fourth-order valence-electron chi connectivity index (χ4n) is 4.39. The summed E-state index contributed by atoms with van der Waals surface area (Å²) >= 11 is 6.50. The van der Waals surface area contributed by atoms with Crippen molar-refractivity contribution in [3.05, 3.63) is 88.9 Å². The third-order valence-electron chi connectivity index (χ3n) is 6.90. The maximum absolute atomic E-state index is 14.3. The number of sulfonamides is 1. The van der Waals surface area contributed by atoms with Crippen LogP contribution < -0.4 is 19.1 Å². The molecule has 3 aromatic rings. The van der Waals surface area contributed by atoms with Crippen LogP contribution in [0.1, 0.15) is 31.4 Å². The van der Waals surface area contributed by atoms with Gasteiger partial charge in [-0.25, -0.2) is 8.42 Å². The molecule has 0 fully saturated rings. The van der Waals surface area contributed by atoms with Gasteiger partial charge < -0.3 is 19.7 Å². The molecule has 0 radical (unpaired) electrons. The molecular formula is C31H38ClN3O6S. The quantitative estimate of drug-likeness (QED) is 0.282. The van der Waals surface area contributed by atoms with Gasteiger partial charge in [-0.15, -0.1) is 0 Å². The van der Waals surface area contributed by atoms with Crippen LogP contribution >= 0.6 is 11.6 Å². The number of amides is 2. The predicted molar refractivity (Wildman–Crippen MR) is 166 cm³/mol. The third-order valence-corrected chi connectivity index (χ3v) is 8.40. The van der Waals surface area contributed by atoms with Crippen LogP contribution in [0.2, 0.25) is 5.02 Å². The highest BCUT2D eigenvalue weighted by molar-refractivity contribution is 7.92. The van der Waals surface area contributed by atoms with Crippen LogP contribution in [-0.4, -0.2) is 64.2 Å². The highest BCUT2D eigenvalue weighted by Gasteiger charge is 2.34. The number of rotatable bonds is 14. The molecule has 2 atom stereocenters. The Bertz CT molecular complexity index is 1470. The topological polar surface area (TPSA) is 105 Å². The first-order chi connectivity index (χ1) is 20.0. The summed E-state index contributed by atoms with van der Waals surface area (Å²) in [6.07, 6.45) is 1.91. The summed E-state index contributed by atoms with van der Waals surface area (Å²) < 4.78 is 37.9. The van der Waals surface area contributed by atoms with Gasteiger partial charge in [-0.05, 0) is 42.7 Å². The molecule has 0 heterocycles. The van der Waals surface area contributed by atoms with Gasteiger partial charge in [-0.1, -0.05) is 67.1 Å². The van der Waals surface area contributed by atoms with E-state index < -0.39 is 28.5 Å². The molecule has 0 bridgehead atoms. The average Bonchev–Trinajstić information content (AvgIpc) is 2.97. The Kier molecular flexibility index (Phi) is 11.6. The monoisotopic (exact) mass is 615 g/mol. The average molecular weight is 616 g/mol. The highest BCUT2D eigenvalue weighted by Crippen LogP contribution is 2.34. The Labute approximate surface area is 253 Å². The van der Waals surface area contributed by atoms with Crippen LogP contribution in [-0.2, 0) is 32.6 Å². The van der Waals surface area contributed by atoms with Crippen LogP contribution in [0.4, 0.5) is 5.69 Å². The Morgan fingerprint density at radius 1 is 0.976 bits per heavy atom. The molecule has 42 heavy (non-hydrogen) atoms. The summed E-state index contributed by atoms with van der Waals surface area (Å²) in [5.41, 5.74) is 1.59. The van der Waals surface area contributed by atoms with Crippen LogP contribution in [0.5, 0.6) is 11.5 Å². The predicted octanol–water partition coefficient (Wildman–Crippen LogP) is 4.68. The Morgan fingerprint density at radius 3 is 2.24 bits per heavy atom. The van der Waals surface area contributed by atoms with Crippen LogP contribution in [0.3, 0.4) is 0 Å². The molecule has 0 aliphatic heterocycles. The highest BCUT2D eigenvalue weighted by atomic mass is 35.5. The molecule has 0 saturated carbocycles. The lowest BCUT2D eigenvalue weighted by Crippen LogP contribution is -2.54. The summed E-state index contributed by atoms with van der Waals surface area (Å²) in [6.45, 7) is 3.24. The number of hydrogen-bond acceptors (Lipinski definition) is 6. The van der Waals surface area contributed by atoms with E-state index in [2.05, 4.69) is 5.32 Å². The summed E-state index contributed by atoms with van der Waals surface area (Å²) in [6, 6.07) is 20.0. The number of carbonyl (C=O) groups excluding carboxylic acids is 2. The van der Waals surface area contributed by atoms with Crippen molar-refractivity contribution >= 4 is 39.1 Å². The number of benzene rings is 3. The van der Waals surface area contributed by atoms with E-state index in [9.17, 15) is 18.0 Å². The summed E-state index contributed by atoms with van der Waals surface area (Å²) in [4.78, 5) is 29.4. The van der Waals surface area contributed by atoms with Crippen LogP contribution in [0.25, 0.3) is 0 Å². The molecule has 0 aromatic heterocycles. The maximum atomic E-state index is 14.3. The van der Waals surface area contributed by atoms with E-state index >= 15 is 0 Å². The second-order valence-electron chi connectivity index (χ2n) is 9.94. The third kappa shape index (κ3) is 8.62. The molecular weight excluding hydrogens is 578 g/mol. The van der Waals surface area contributed by atoms with Gasteiger partial charge in [0.25, 0.3) is 0 Å². The van der Waals surface area contributed by atoms with Crippen molar-refractivity contribution in [1.29, 1.82) is 0 Å². The summed E-state index contributed by atoms with van der Waals surface area (Å²) in [5, 5.41) is 3.42. The van der Waals surface area contributed by atoms with Gasteiger partial charge in [0.15, 0.2) is 0 Å². The van der Waals surface area contributed by atoms with E-state index in [-0.39, 0.29) is 36.4 Å². The zero-order valence-electron chi connectivity index (χ0n) is 24.5. The number of halogens is 1. The van der Waals surface area contributed by atoms with Crippen molar-refractivity contribution in [2.45, 2.75) is 45.3 Å². The number of nitrogens with zero attached hydrogens (tertiary/aromatic N) is 2. The molecule has 9 nitrogen and oxygen atoms in total. The minimum Gasteiger partial charge on any atom is -0.497 e. The Hall–Kier alpha value is -3.76. The number of ether oxygens (including phenoxy) is 2. The van der Waals surface area contributed by atoms with Gasteiger partial charge >= 0.3 is 0 Å². The van der Waals surface area contributed by atoms with Crippen molar-refractivity contribution in [2.24, 2.45) is 0 Å². The zero-order valence-corrected chi connectivity index (χ0v) is 26.1. The second-order valence-corrected chi connectivity index (χ2v) is 12.3. The molecule has 11 heteroatoms. The van der Waals surface area contributed by atoms with E-state index in [0.29, 0.717) is 22.8 Å². The second kappa shape index (κ2) is 14.9. The molecule has 1 N–H and O–H groups in total. The van der Waals surface area contributed by atoms with Gasteiger partial charge in [0.05, 0.1) is 26.2 Å². The number of carbonyl (C=O) groups is 2. The standard InChI is InChI=1S/C31H38ClN3O6S/c1-6-22(2)33-31(37)28(18-23-12-8-7-9-13-23)34(20-24-14-10-11-15-26(24)32)30(36)21-35(42(5,38)39)27-19-25(40-3)16-17-29(27)41-4/h7-17,19,22,28H,6,18,20-21H2,1-5H3,(H,33,37)/t22-,28-/m1/s1. The molecule has 0 spiro atoms. The SMILES string of the molecule is CC[C@@H](C)NC(=O)[C@@H](Cc1ccccc1)N(Cc1ccccc1Cl)C(=O)CN(c1cc(OC)ccc1OC)S(C)(=O)=O. The van der Waals surface area contributed by atoms with Gasteiger partial charge in [-0.2, -0.15) is 0 Å². The molecule has 0 saturated heterocycles. The van der Waals surface area contributed by atoms with Gasteiger partial charge in [0.2, 0.25) is 21.8 Å². The number of hydrogen-bond donors (Lipinski definition) is 1. The first kappa shape index (κ1) is 32.8. The van der Waals surface area contributed by atoms with Crippen molar-refractivity contribution in [3.63, 3.8) is 0 Å². The number of methoxy groups -OCH3 is 2. The van der Waals surface area contributed by atoms with Crippen molar-refractivity contribution in [2.75, 3.05) is 31.3 Å². The molecule has 226 valence electrons. The lowest BCUT2D eigenvalue weighted by molar-refractivity contribution is -0.140. The molecule has 0 unspecified atom stereocenters. The van der Waals surface area contributed by atoms with E-state index in [4.69, 9.17) is 21.1 Å². The lowest BCUT2D eigenvalue weighted by atomic mass is 10.0. The Morgan fingerprint density at radius 2 is 1.64 bits per heavy atom. The van der Waals surface area contributed by atoms with Crippen molar-refractivity contribution in [3.8, 4) is 11.5 Å². The minimum atomic E-state index is -3.99. The molecule has 2 amide bonds. The molecule has 0 aliphatic carbocycles. The maximum Gasteiger partial charge on any atom is 0.244 e. The first-order valence-corrected chi connectivity index (χ1v) is 15.8. The Balaban J connectivity index is 2.12.